The summed E-state index contributed by atoms with van der Waals surface area (Å²) < 4.78 is 12.4. The van der Waals surface area contributed by atoms with Crippen LogP contribution in [-0.2, 0) is 17.8 Å². The van der Waals surface area contributed by atoms with Crippen molar-refractivity contribution in [1.82, 2.24) is 9.55 Å². The number of nitrogen functional groups attached to an aromatic ring is 1. The van der Waals surface area contributed by atoms with Crippen molar-refractivity contribution in [2.45, 2.75) is 46.6 Å². The summed E-state index contributed by atoms with van der Waals surface area (Å²) in [6, 6.07) is 5.35. The van der Waals surface area contributed by atoms with Gasteiger partial charge in [0.15, 0.2) is 17.2 Å². The number of anilines is 2. The van der Waals surface area contributed by atoms with Gasteiger partial charge in [0.1, 0.15) is 19.0 Å². The first-order valence-corrected chi connectivity index (χ1v) is 10.6. The fourth-order valence-electron chi connectivity index (χ4n) is 3.53. The number of H-pyrrole nitrogens is 1. The van der Waals surface area contributed by atoms with Crippen molar-refractivity contribution < 1.29 is 14.3 Å². The Kier molecular flexibility index (Phi) is 7.04. The van der Waals surface area contributed by atoms with Crippen LogP contribution in [0.25, 0.3) is 0 Å². The van der Waals surface area contributed by atoms with Crippen LogP contribution in [0.15, 0.2) is 27.8 Å². The molecule has 2 aromatic rings. The molecule has 1 aliphatic heterocycles. The van der Waals surface area contributed by atoms with Crippen LogP contribution in [0.1, 0.15) is 39.2 Å². The molecule has 168 valence electrons. The minimum absolute atomic E-state index is 0.00840. The highest BCUT2D eigenvalue weighted by molar-refractivity contribution is 5.96. The molecular formula is C22H30N4O5. The number of rotatable bonds is 8. The van der Waals surface area contributed by atoms with Crippen molar-refractivity contribution in [2.24, 2.45) is 5.92 Å². The van der Waals surface area contributed by atoms with Crippen LogP contribution in [0.4, 0.5) is 11.5 Å². The number of fused-ring (bicyclic) bond motifs is 1. The standard InChI is InChI=1S/C22H30N4O5/c1-4-5-8-25(19-20(23)26(13-14(2)3)22(29)24-21(19)28)18(27)12-15-6-7-16-17(11-15)31-10-9-30-16/h6-7,11,14H,4-5,8-10,12-13,23H2,1-3H3,(H,24,28,29). The van der Waals surface area contributed by atoms with Gasteiger partial charge in [-0.2, -0.15) is 0 Å². The first kappa shape index (κ1) is 22.5. The van der Waals surface area contributed by atoms with Crippen LogP contribution in [0.5, 0.6) is 11.5 Å². The second-order valence-electron chi connectivity index (χ2n) is 8.05. The molecule has 1 aromatic carbocycles. The molecule has 0 fully saturated rings. The maximum atomic E-state index is 13.3. The fraction of sp³-hybridized carbons (Fsp3) is 0.500. The number of nitrogens with two attached hydrogens (primary N) is 1. The van der Waals surface area contributed by atoms with Gasteiger partial charge in [-0.15, -0.1) is 0 Å². The third-order valence-corrected chi connectivity index (χ3v) is 5.03. The largest absolute Gasteiger partial charge is 0.486 e. The smallest absolute Gasteiger partial charge is 0.330 e. The molecule has 9 nitrogen and oxygen atoms in total. The van der Waals surface area contributed by atoms with E-state index >= 15 is 0 Å². The molecule has 3 rings (SSSR count). The molecule has 0 unspecified atom stereocenters. The summed E-state index contributed by atoms with van der Waals surface area (Å²) in [6.07, 6.45) is 1.58. The van der Waals surface area contributed by atoms with Crippen molar-refractivity contribution in [2.75, 3.05) is 30.4 Å². The number of unbranched alkanes of at least 4 members (excludes halogenated alkanes) is 1. The molecule has 0 saturated heterocycles. The number of ether oxygens (including phenoxy) is 2. The van der Waals surface area contributed by atoms with Gasteiger partial charge in [0, 0.05) is 13.1 Å². The molecular weight excluding hydrogens is 400 g/mol. The summed E-state index contributed by atoms with van der Waals surface area (Å²) in [5.41, 5.74) is 5.77. The number of benzene rings is 1. The molecule has 0 spiro atoms. The molecule has 0 saturated carbocycles. The van der Waals surface area contributed by atoms with Crippen LogP contribution in [0, 0.1) is 5.92 Å². The third kappa shape index (κ3) is 5.10. The van der Waals surface area contributed by atoms with Crippen molar-refractivity contribution in [3.05, 3.63) is 44.6 Å². The highest BCUT2D eigenvalue weighted by Gasteiger charge is 2.25. The number of nitrogens with zero attached hydrogens (tertiary/aromatic N) is 2. The minimum Gasteiger partial charge on any atom is -0.486 e. The number of aromatic amines is 1. The van der Waals surface area contributed by atoms with Crippen molar-refractivity contribution in [3.63, 3.8) is 0 Å². The second kappa shape index (κ2) is 9.72. The first-order valence-electron chi connectivity index (χ1n) is 10.6. The van der Waals surface area contributed by atoms with Gasteiger partial charge >= 0.3 is 5.69 Å². The quantitative estimate of drug-likeness (QED) is 0.660. The number of hydrogen-bond acceptors (Lipinski definition) is 6. The van der Waals surface area contributed by atoms with Crippen molar-refractivity contribution >= 4 is 17.4 Å². The molecule has 0 aliphatic carbocycles. The SMILES string of the molecule is CCCCN(C(=O)Cc1ccc2c(c1)OCCO2)c1c(N)n(CC(C)C)c(=O)[nH]c1=O. The Morgan fingerprint density at radius 2 is 1.94 bits per heavy atom. The van der Waals surface area contributed by atoms with Gasteiger partial charge in [0.25, 0.3) is 5.56 Å². The number of carbonyl (C=O) groups excluding carboxylic acids is 1. The van der Waals surface area contributed by atoms with Crippen LogP contribution < -0.4 is 31.4 Å². The third-order valence-electron chi connectivity index (χ3n) is 5.03. The van der Waals surface area contributed by atoms with E-state index in [0.29, 0.717) is 44.2 Å². The normalized spacial score (nSPS) is 12.8. The molecule has 1 aliphatic rings. The zero-order valence-electron chi connectivity index (χ0n) is 18.3. The number of nitrogens with one attached hydrogen (secondary N) is 1. The van der Waals surface area contributed by atoms with Gasteiger partial charge in [-0.05, 0) is 30.0 Å². The average molecular weight is 431 g/mol. The Morgan fingerprint density at radius 1 is 1.23 bits per heavy atom. The summed E-state index contributed by atoms with van der Waals surface area (Å²) in [5.74, 6) is 1.11. The van der Waals surface area contributed by atoms with Crippen LogP contribution >= 0.6 is 0 Å². The van der Waals surface area contributed by atoms with Gasteiger partial charge in [-0.3, -0.25) is 19.1 Å². The van der Waals surface area contributed by atoms with Gasteiger partial charge in [0.2, 0.25) is 5.91 Å². The zero-order valence-corrected chi connectivity index (χ0v) is 18.3. The van der Waals surface area contributed by atoms with E-state index in [-0.39, 0.29) is 29.8 Å². The predicted octanol–water partition coefficient (Wildman–Crippen LogP) is 1.92. The summed E-state index contributed by atoms with van der Waals surface area (Å²) >= 11 is 0. The molecule has 2 heterocycles. The van der Waals surface area contributed by atoms with E-state index in [1.165, 1.54) is 9.47 Å². The molecule has 0 bridgehead atoms. The van der Waals surface area contributed by atoms with E-state index < -0.39 is 11.2 Å². The number of amides is 1. The number of carbonyl (C=O) groups is 1. The first-order chi connectivity index (χ1) is 14.8. The lowest BCUT2D eigenvalue weighted by Crippen LogP contribution is -2.42. The molecule has 31 heavy (non-hydrogen) atoms. The number of hydrogen-bond donors (Lipinski definition) is 2. The highest BCUT2D eigenvalue weighted by Crippen LogP contribution is 2.31. The van der Waals surface area contributed by atoms with E-state index in [1.807, 2.05) is 20.8 Å². The maximum Gasteiger partial charge on any atom is 0.330 e. The molecule has 0 atom stereocenters. The van der Waals surface area contributed by atoms with E-state index in [2.05, 4.69) is 4.98 Å². The minimum atomic E-state index is -0.658. The topological polar surface area (TPSA) is 120 Å². The lowest BCUT2D eigenvalue weighted by molar-refractivity contribution is -0.118. The molecule has 9 heteroatoms. The predicted molar refractivity (Wildman–Crippen MR) is 119 cm³/mol. The summed E-state index contributed by atoms with van der Waals surface area (Å²) in [6.45, 7) is 7.49. The van der Waals surface area contributed by atoms with E-state index in [9.17, 15) is 14.4 Å². The number of aromatic nitrogens is 2. The van der Waals surface area contributed by atoms with Crippen LogP contribution in [0.2, 0.25) is 0 Å². The van der Waals surface area contributed by atoms with E-state index in [1.54, 1.807) is 18.2 Å². The fourth-order valence-corrected chi connectivity index (χ4v) is 3.53. The van der Waals surface area contributed by atoms with E-state index in [4.69, 9.17) is 15.2 Å². The van der Waals surface area contributed by atoms with Crippen molar-refractivity contribution in [1.29, 1.82) is 0 Å². The van der Waals surface area contributed by atoms with Gasteiger partial charge < -0.3 is 20.1 Å². The lowest BCUT2D eigenvalue weighted by atomic mass is 10.1. The highest BCUT2D eigenvalue weighted by atomic mass is 16.6. The zero-order chi connectivity index (χ0) is 22.5. The monoisotopic (exact) mass is 430 g/mol. The van der Waals surface area contributed by atoms with Crippen LogP contribution in [-0.4, -0.2) is 35.2 Å². The maximum absolute atomic E-state index is 13.3. The second-order valence-corrected chi connectivity index (χ2v) is 8.05. The Bertz CT molecular complexity index is 1060. The summed E-state index contributed by atoms with van der Waals surface area (Å²) in [5, 5.41) is 0. The van der Waals surface area contributed by atoms with Crippen molar-refractivity contribution in [3.8, 4) is 11.5 Å². The average Bonchev–Trinajstić information content (AvgIpc) is 2.73. The summed E-state index contributed by atoms with van der Waals surface area (Å²) in [4.78, 5) is 41.9. The van der Waals surface area contributed by atoms with Gasteiger partial charge in [0.05, 0.1) is 6.42 Å². The Morgan fingerprint density at radius 3 is 2.61 bits per heavy atom. The van der Waals surface area contributed by atoms with Gasteiger partial charge in [-0.25, -0.2) is 4.79 Å². The Labute approximate surface area is 180 Å². The van der Waals surface area contributed by atoms with Gasteiger partial charge in [-0.1, -0.05) is 33.3 Å². The van der Waals surface area contributed by atoms with Crippen LogP contribution in [0.3, 0.4) is 0 Å². The lowest BCUT2D eigenvalue weighted by Gasteiger charge is -2.25. The molecule has 1 aromatic heterocycles. The summed E-state index contributed by atoms with van der Waals surface area (Å²) in [7, 11) is 0. The Balaban J connectivity index is 1.96. The molecule has 3 N–H and O–H groups in total. The molecule has 1 amide bonds. The Hall–Kier alpha value is -3.23. The molecule has 0 radical (unpaired) electrons. The van der Waals surface area contributed by atoms with E-state index in [0.717, 1.165) is 12.0 Å².